The number of rotatable bonds is 4. The molecule has 0 fully saturated rings. The van der Waals surface area contributed by atoms with Gasteiger partial charge in [-0.2, -0.15) is 0 Å². The third-order valence-electron chi connectivity index (χ3n) is 3.32. The van der Waals surface area contributed by atoms with Crippen LogP contribution in [0, 0.1) is 20.8 Å². The van der Waals surface area contributed by atoms with Crippen LogP contribution in [0.2, 0.25) is 0 Å². The fourth-order valence-electron chi connectivity index (χ4n) is 1.97. The fraction of sp³-hybridized carbons (Fsp3) is 0.200. The zero-order valence-electron chi connectivity index (χ0n) is 12.8. The van der Waals surface area contributed by atoms with Gasteiger partial charge < -0.3 is 4.42 Å². The van der Waals surface area contributed by atoms with Gasteiger partial charge in [0.15, 0.2) is 0 Å². The zero-order chi connectivity index (χ0) is 16.6. The summed E-state index contributed by atoms with van der Waals surface area (Å²) in [7, 11) is -3.57. The number of nitrogens with zero attached hydrogens (tertiary/aromatic N) is 2. The molecule has 8 heteroatoms. The maximum Gasteiger partial charge on any atom is 0.271 e. The summed E-state index contributed by atoms with van der Waals surface area (Å²) in [6.07, 6.45) is 0. The number of hydrogen-bond donors (Lipinski definition) is 1. The quantitative estimate of drug-likeness (QED) is 0.779. The van der Waals surface area contributed by atoms with Gasteiger partial charge in [0, 0.05) is 23.1 Å². The van der Waals surface area contributed by atoms with Crippen LogP contribution in [0.1, 0.15) is 16.3 Å². The van der Waals surface area contributed by atoms with Crippen LogP contribution in [0.3, 0.4) is 0 Å². The molecule has 0 amide bonds. The molecule has 0 aliphatic heterocycles. The molecule has 3 aromatic rings. The third kappa shape index (κ3) is 3.27. The average molecular weight is 349 g/mol. The summed E-state index contributed by atoms with van der Waals surface area (Å²) in [5, 5.41) is 7.69. The Morgan fingerprint density at radius 1 is 1.09 bits per heavy atom. The lowest BCUT2D eigenvalue weighted by Gasteiger charge is -2.06. The van der Waals surface area contributed by atoms with Crippen molar-refractivity contribution in [3.8, 4) is 11.5 Å². The SMILES string of the molecule is Cc1nnc(-c2ccc(NS(=O)(=O)c3cc(C)c(C)s3)cc2)o1. The molecular weight excluding hydrogens is 334 g/mol. The maximum absolute atomic E-state index is 12.4. The standard InChI is InChI=1S/C15H15N3O3S2/c1-9-8-14(22-10(9)2)23(19,20)18-13-6-4-12(5-7-13)15-17-16-11(3)21-15/h4-8,18H,1-3H3. The number of sulfonamides is 1. The first-order valence-corrected chi connectivity index (χ1v) is 9.15. The topological polar surface area (TPSA) is 85.1 Å². The van der Waals surface area contributed by atoms with Crippen LogP contribution in [0.5, 0.6) is 0 Å². The molecule has 0 aliphatic carbocycles. The lowest BCUT2D eigenvalue weighted by molar-refractivity contribution is 0.533. The highest BCUT2D eigenvalue weighted by molar-refractivity contribution is 7.94. The molecular formula is C15H15N3O3S2. The minimum atomic E-state index is -3.57. The molecule has 0 bridgehead atoms. The van der Waals surface area contributed by atoms with Crippen molar-refractivity contribution in [2.45, 2.75) is 25.0 Å². The number of aromatic nitrogens is 2. The van der Waals surface area contributed by atoms with Crippen molar-refractivity contribution >= 4 is 27.0 Å². The van der Waals surface area contributed by atoms with Crippen LogP contribution >= 0.6 is 11.3 Å². The second-order valence-electron chi connectivity index (χ2n) is 5.11. The zero-order valence-corrected chi connectivity index (χ0v) is 14.5. The molecule has 3 rings (SSSR count). The number of anilines is 1. The van der Waals surface area contributed by atoms with Gasteiger partial charge in [0.2, 0.25) is 11.8 Å². The molecule has 2 heterocycles. The molecule has 2 aromatic heterocycles. The van der Waals surface area contributed by atoms with E-state index in [1.807, 2.05) is 13.8 Å². The Morgan fingerprint density at radius 2 is 1.78 bits per heavy atom. The van der Waals surface area contributed by atoms with E-state index in [4.69, 9.17) is 4.42 Å². The van der Waals surface area contributed by atoms with E-state index in [0.29, 0.717) is 21.7 Å². The third-order valence-corrected chi connectivity index (χ3v) is 6.33. The van der Waals surface area contributed by atoms with Gasteiger partial charge in [-0.05, 0) is 49.7 Å². The second-order valence-corrected chi connectivity index (χ2v) is 8.28. The molecule has 1 aromatic carbocycles. The van der Waals surface area contributed by atoms with Gasteiger partial charge in [0.1, 0.15) is 4.21 Å². The van der Waals surface area contributed by atoms with Crippen LogP contribution in [0.25, 0.3) is 11.5 Å². The summed E-state index contributed by atoms with van der Waals surface area (Å²) in [6, 6.07) is 8.48. The molecule has 120 valence electrons. The monoisotopic (exact) mass is 349 g/mol. The van der Waals surface area contributed by atoms with Gasteiger partial charge in [0.25, 0.3) is 10.0 Å². The van der Waals surface area contributed by atoms with Crippen LogP contribution in [-0.2, 0) is 10.0 Å². The first-order chi connectivity index (χ1) is 10.8. The molecule has 0 spiro atoms. The highest BCUT2D eigenvalue weighted by Gasteiger charge is 2.18. The number of thiophene rings is 1. The highest BCUT2D eigenvalue weighted by Crippen LogP contribution is 2.27. The molecule has 0 aliphatic rings. The number of nitrogens with one attached hydrogen (secondary N) is 1. The summed E-state index contributed by atoms with van der Waals surface area (Å²) >= 11 is 1.26. The van der Waals surface area contributed by atoms with E-state index in [9.17, 15) is 8.42 Å². The molecule has 23 heavy (non-hydrogen) atoms. The normalized spacial score (nSPS) is 11.6. The van der Waals surface area contributed by atoms with E-state index in [-0.39, 0.29) is 0 Å². The van der Waals surface area contributed by atoms with Crippen LogP contribution in [-0.4, -0.2) is 18.6 Å². The van der Waals surface area contributed by atoms with Gasteiger partial charge in [-0.15, -0.1) is 21.5 Å². The van der Waals surface area contributed by atoms with E-state index in [1.54, 1.807) is 37.3 Å². The van der Waals surface area contributed by atoms with Crippen LogP contribution in [0.15, 0.2) is 39.0 Å². The molecule has 0 atom stereocenters. The van der Waals surface area contributed by atoms with Gasteiger partial charge >= 0.3 is 0 Å². The van der Waals surface area contributed by atoms with Gasteiger partial charge in [0.05, 0.1) is 0 Å². The predicted molar refractivity (Wildman–Crippen MR) is 89.1 cm³/mol. The second kappa shape index (κ2) is 5.78. The Balaban J connectivity index is 1.83. The number of benzene rings is 1. The Bertz CT molecular complexity index is 921. The fourth-order valence-corrected chi connectivity index (χ4v) is 4.55. The summed E-state index contributed by atoms with van der Waals surface area (Å²) in [5.74, 6) is 0.884. The largest absolute Gasteiger partial charge is 0.421 e. The van der Waals surface area contributed by atoms with E-state index in [1.165, 1.54) is 11.3 Å². The lowest BCUT2D eigenvalue weighted by atomic mass is 10.2. The van der Waals surface area contributed by atoms with Crippen molar-refractivity contribution < 1.29 is 12.8 Å². The van der Waals surface area contributed by atoms with E-state index in [2.05, 4.69) is 14.9 Å². The van der Waals surface area contributed by atoms with E-state index < -0.39 is 10.0 Å². The maximum atomic E-state index is 12.4. The summed E-state index contributed by atoms with van der Waals surface area (Å²) in [5.41, 5.74) is 2.18. The number of hydrogen-bond acceptors (Lipinski definition) is 6. The van der Waals surface area contributed by atoms with Crippen LogP contribution < -0.4 is 4.72 Å². The molecule has 6 nitrogen and oxygen atoms in total. The van der Waals surface area contributed by atoms with Crippen molar-refractivity contribution in [3.05, 3.63) is 46.7 Å². The lowest BCUT2D eigenvalue weighted by Crippen LogP contribution is -2.11. The van der Waals surface area contributed by atoms with Crippen molar-refractivity contribution in [2.75, 3.05) is 4.72 Å². The predicted octanol–water partition coefficient (Wildman–Crippen LogP) is 3.52. The van der Waals surface area contributed by atoms with Crippen molar-refractivity contribution in [3.63, 3.8) is 0 Å². The van der Waals surface area contributed by atoms with Crippen molar-refractivity contribution in [1.29, 1.82) is 0 Å². The first-order valence-electron chi connectivity index (χ1n) is 6.85. The molecule has 0 unspecified atom stereocenters. The van der Waals surface area contributed by atoms with E-state index in [0.717, 1.165) is 16.0 Å². The highest BCUT2D eigenvalue weighted by atomic mass is 32.2. The Hall–Kier alpha value is -2.19. The number of aryl methyl sites for hydroxylation is 3. The van der Waals surface area contributed by atoms with Crippen LogP contribution in [0.4, 0.5) is 5.69 Å². The Morgan fingerprint density at radius 3 is 2.30 bits per heavy atom. The smallest absolute Gasteiger partial charge is 0.271 e. The minimum Gasteiger partial charge on any atom is -0.421 e. The van der Waals surface area contributed by atoms with Gasteiger partial charge in [-0.25, -0.2) is 8.42 Å². The van der Waals surface area contributed by atoms with Crippen molar-refractivity contribution in [2.24, 2.45) is 0 Å². The molecule has 0 saturated carbocycles. The minimum absolute atomic E-state index is 0.309. The molecule has 1 N–H and O–H groups in total. The van der Waals surface area contributed by atoms with Crippen molar-refractivity contribution in [1.82, 2.24) is 10.2 Å². The van der Waals surface area contributed by atoms with E-state index >= 15 is 0 Å². The molecule has 0 saturated heterocycles. The average Bonchev–Trinajstić information content (AvgIpc) is 3.07. The van der Waals surface area contributed by atoms with Gasteiger partial charge in [-0.1, -0.05) is 0 Å². The first kappa shape index (κ1) is 15.7. The van der Waals surface area contributed by atoms with Gasteiger partial charge in [-0.3, -0.25) is 4.72 Å². The summed E-state index contributed by atoms with van der Waals surface area (Å²) < 4.78 is 33.0. The summed E-state index contributed by atoms with van der Waals surface area (Å²) in [6.45, 7) is 5.51. The Kier molecular flexibility index (Phi) is 3.95. The molecule has 0 radical (unpaired) electrons. The Labute approximate surface area is 138 Å². The summed E-state index contributed by atoms with van der Waals surface area (Å²) in [4.78, 5) is 0.993.